The zero-order chi connectivity index (χ0) is 14.1. The molecule has 2 aromatic carbocycles. The first-order valence-corrected chi connectivity index (χ1v) is 7.27. The van der Waals surface area contributed by atoms with Crippen molar-refractivity contribution in [1.29, 1.82) is 0 Å². The molecule has 1 saturated carbocycles. The molecular formula is C17H17ClFN. The number of halogens is 2. The van der Waals surface area contributed by atoms with Gasteiger partial charge in [0, 0.05) is 11.1 Å². The number of benzene rings is 2. The first-order valence-electron chi connectivity index (χ1n) is 6.89. The second kappa shape index (κ2) is 5.55. The Morgan fingerprint density at radius 1 is 1.20 bits per heavy atom. The average Bonchev–Trinajstić information content (AvgIpc) is 3.23. The Kier molecular flexibility index (Phi) is 3.77. The Balaban J connectivity index is 1.65. The quantitative estimate of drug-likeness (QED) is 0.899. The summed E-state index contributed by atoms with van der Waals surface area (Å²) in [5.74, 6) is 0.754. The second-order valence-corrected chi connectivity index (χ2v) is 5.93. The zero-order valence-corrected chi connectivity index (χ0v) is 11.9. The van der Waals surface area contributed by atoms with Crippen LogP contribution in [-0.4, -0.2) is 6.04 Å². The van der Waals surface area contributed by atoms with Crippen molar-refractivity contribution in [2.75, 3.05) is 0 Å². The number of nitrogens with two attached hydrogens (primary N) is 1. The number of hydrogen-bond donors (Lipinski definition) is 1. The highest BCUT2D eigenvalue weighted by atomic mass is 35.5. The fourth-order valence-corrected chi connectivity index (χ4v) is 3.11. The van der Waals surface area contributed by atoms with E-state index in [0.29, 0.717) is 23.3 Å². The predicted molar refractivity (Wildman–Crippen MR) is 80.4 cm³/mol. The van der Waals surface area contributed by atoms with Gasteiger partial charge in [-0.25, -0.2) is 4.39 Å². The van der Waals surface area contributed by atoms with Crippen LogP contribution in [0.3, 0.4) is 0 Å². The van der Waals surface area contributed by atoms with Gasteiger partial charge in [0.05, 0.1) is 0 Å². The smallest absolute Gasteiger partial charge is 0.124 e. The van der Waals surface area contributed by atoms with Crippen LogP contribution in [0.15, 0.2) is 48.5 Å². The maximum absolute atomic E-state index is 13.0. The molecule has 1 aliphatic rings. The van der Waals surface area contributed by atoms with Gasteiger partial charge < -0.3 is 5.73 Å². The van der Waals surface area contributed by atoms with Gasteiger partial charge in [-0.3, -0.25) is 0 Å². The van der Waals surface area contributed by atoms with E-state index in [0.717, 1.165) is 12.0 Å². The summed E-state index contributed by atoms with van der Waals surface area (Å²) >= 11 is 6.06. The molecule has 0 aliphatic heterocycles. The van der Waals surface area contributed by atoms with Crippen LogP contribution in [-0.2, 0) is 6.42 Å². The fourth-order valence-electron chi connectivity index (χ4n) is 2.86. The van der Waals surface area contributed by atoms with Crippen LogP contribution in [0.1, 0.15) is 23.5 Å². The van der Waals surface area contributed by atoms with E-state index in [1.54, 1.807) is 6.07 Å². The molecule has 0 saturated heterocycles. The molecule has 3 atom stereocenters. The Morgan fingerprint density at radius 2 is 1.95 bits per heavy atom. The normalized spacial score (nSPS) is 22.6. The maximum Gasteiger partial charge on any atom is 0.124 e. The molecule has 1 aliphatic carbocycles. The van der Waals surface area contributed by atoms with Crippen molar-refractivity contribution >= 4 is 11.6 Å². The van der Waals surface area contributed by atoms with E-state index >= 15 is 0 Å². The molecule has 0 heterocycles. The minimum absolute atomic E-state index is 0.0724. The minimum atomic E-state index is -0.305. The molecule has 3 unspecified atom stereocenters. The molecule has 2 aromatic rings. The molecule has 0 aromatic heterocycles. The molecule has 2 N–H and O–H groups in total. The van der Waals surface area contributed by atoms with Gasteiger partial charge in [-0.1, -0.05) is 48.0 Å². The highest BCUT2D eigenvalue weighted by Crippen LogP contribution is 2.49. The average molecular weight is 290 g/mol. The lowest BCUT2D eigenvalue weighted by molar-refractivity contribution is 0.576. The summed E-state index contributed by atoms with van der Waals surface area (Å²) in [5, 5.41) is 0.470. The van der Waals surface area contributed by atoms with E-state index in [1.807, 2.05) is 6.07 Å². The molecule has 1 nitrogen and oxygen atoms in total. The summed E-state index contributed by atoms with van der Waals surface area (Å²) in [5.41, 5.74) is 8.58. The van der Waals surface area contributed by atoms with Crippen molar-refractivity contribution in [3.63, 3.8) is 0 Å². The van der Waals surface area contributed by atoms with E-state index in [1.165, 1.54) is 17.7 Å². The maximum atomic E-state index is 13.0. The van der Waals surface area contributed by atoms with Crippen LogP contribution >= 0.6 is 11.6 Å². The molecule has 0 spiro atoms. The Morgan fingerprint density at radius 3 is 2.65 bits per heavy atom. The van der Waals surface area contributed by atoms with Crippen molar-refractivity contribution in [3.8, 4) is 0 Å². The molecule has 0 bridgehead atoms. The highest BCUT2D eigenvalue weighted by Gasteiger charge is 2.42. The zero-order valence-electron chi connectivity index (χ0n) is 11.1. The Labute approximate surface area is 123 Å². The van der Waals surface area contributed by atoms with Crippen molar-refractivity contribution < 1.29 is 4.39 Å². The SMILES string of the molecule is NC(Cc1ccc(F)cc1Cl)C1CC1c1ccccc1. The van der Waals surface area contributed by atoms with Crippen molar-refractivity contribution in [2.24, 2.45) is 11.7 Å². The molecule has 3 rings (SSSR count). The van der Waals surface area contributed by atoms with Gasteiger partial charge in [-0.15, -0.1) is 0 Å². The lowest BCUT2D eigenvalue weighted by Gasteiger charge is -2.13. The van der Waals surface area contributed by atoms with Gasteiger partial charge >= 0.3 is 0 Å². The monoisotopic (exact) mass is 289 g/mol. The number of hydrogen-bond acceptors (Lipinski definition) is 1. The van der Waals surface area contributed by atoms with Crippen LogP contribution in [0.25, 0.3) is 0 Å². The van der Waals surface area contributed by atoms with E-state index in [4.69, 9.17) is 17.3 Å². The third kappa shape index (κ3) is 2.87. The standard InChI is InChI=1S/C17H17ClFN/c18-16-9-13(19)7-6-12(16)8-17(20)15-10-14(15)11-4-2-1-3-5-11/h1-7,9,14-15,17H,8,10,20H2. The van der Waals surface area contributed by atoms with Gasteiger partial charge in [0.2, 0.25) is 0 Å². The van der Waals surface area contributed by atoms with Crippen LogP contribution < -0.4 is 5.73 Å². The van der Waals surface area contributed by atoms with Gasteiger partial charge in [0.15, 0.2) is 0 Å². The predicted octanol–water partition coefficient (Wildman–Crippen LogP) is 4.15. The third-order valence-electron chi connectivity index (χ3n) is 4.09. The highest BCUT2D eigenvalue weighted by molar-refractivity contribution is 6.31. The van der Waals surface area contributed by atoms with Crippen LogP contribution in [0.4, 0.5) is 4.39 Å². The first kappa shape index (κ1) is 13.6. The summed E-state index contributed by atoms with van der Waals surface area (Å²) in [6, 6.07) is 15.1. The summed E-state index contributed by atoms with van der Waals surface area (Å²) in [6.07, 6.45) is 1.83. The Bertz CT molecular complexity index is 599. The summed E-state index contributed by atoms with van der Waals surface area (Å²) in [6.45, 7) is 0. The summed E-state index contributed by atoms with van der Waals surface area (Å²) in [4.78, 5) is 0. The van der Waals surface area contributed by atoms with Gasteiger partial charge in [0.1, 0.15) is 5.82 Å². The van der Waals surface area contributed by atoms with E-state index in [-0.39, 0.29) is 11.9 Å². The number of rotatable bonds is 4. The van der Waals surface area contributed by atoms with E-state index in [9.17, 15) is 4.39 Å². The minimum Gasteiger partial charge on any atom is -0.327 e. The first-order chi connectivity index (χ1) is 9.65. The lowest BCUT2D eigenvalue weighted by Crippen LogP contribution is -2.26. The van der Waals surface area contributed by atoms with Gasteiger partial charge in [-0.05, 0) is 47.9 Å². The molecule has 104 valence electrons. The van der Waals surface area contributed by atoms with Crippen molar-refractivity contribution in [1.82, 2.24) is 0 Å². The molecule has 0 amide bonds. The molecule has 1 fully saturated rings. The summed E-state index contributed by atoms with van der Waals surface area (Å²) < 4.78 is 13.0. The van der Waals surface area contributed by atoms with Crippen LogP contribution in [0, 0.1) is 11.7 Å². The largest absolute Gasteiger partial charge is 0.327 e. The fraction of sp³-hybridized carbons (Fsp3) is 0.294. The topological polar surface area (TPSA) is 26.0 Å². The van der Waals surface area contributed by atoms with Crippen LogP contribution in [0.2, 0.25) is 5.02 Å². The van der Waals surface area contributed by atoms with Crippen molar-refractivity contribution in [2.45, 2.75) is 24.8 Å². The Hall–Kier alpha value is -1.38. The summed E-state index contributed by atoms with van der Waals surface area (Å²) in [7, 11) is 0. The van der Waals surface area contributed by atoms with Gasteiger partial charge in [-0.2, -0.15) is 0 Å². The molecular weight excluding hydrogens is 273 g/mol. The second-order valence-electron chi connectivity index (χ2n) is 5.52. The third-order valence-corrected chi connectivity index (χ3v) is 4.44. The van der Waals surface area contributed by atoms with Crippen molar-refractivity contribution in [3.05, 3.63) is 70.5 Å². The molecule has 0 radical (unpaired) electrons. The van der Waals surface area contributed by atoms with Crippen LogP contribution in [0.5, 0.6) is 0 Å². The van der Waals surface area contributed by atoms with E-state index in [2.05, 4.69) is 24.3 Å². The van der Waals surface area contributed by atoms with E-state index < -0.39 is 0 Å². The molecule has 20 heavy (non-hydrogen) atoms. The lowest BCUT2D eigenvalue weighted by atomic mass is 9.99. The van der Waals surface area contributed by atoms with Gasteiger partial charge in [0.25, 0.3) is 0 Å². The molecule has 3 heteroatoms.